The van der Waals surface area contributed by atoms with E-state index in [-0.39, 0.29) is 5.92 Å². The number of hydrogen-bond acceptors (Lipinski definition) is 3. The van der Waals surface area contributed by atoms with E-state index in [9.17, 15) is 0 Å². The number of benzene rings is 1. The molecule has 1 aromatic carbocycles. The Morgan fingerprint density at radius 2 is 2.10 bits per heavy atom. The minimum atomic E-state index is 0.276. The van der Waals surface area contributed by atoms with E-state index in [0.29, 0.717) is 0 Å². The highest BCUT2D eigenvalue weighted by atomic mass is 32.1. The second-order valence-corrected chi connectivity index (χ2v) is 6.38. The van der Waals surface area contributed by atoms with Gasteiger partial charge in [-0.3, -0.25) is 0 Å². The first-order valence-corrected chi connectivity index (χ1v) is 7.98. The normalized spacial score (nSPS) is 12.5. The lowest BCUT2D eigenvalue weighted by Crippen LogP contribution is -2.08. The molecule has 3 rings (SSSR count). The Morgan fingerprint density at radius 1 is 1.24 bits per heavy atom. The maximum absolute atomic E-state index is 4.62. The smallest absolute Gasteiger partial charge is 0.0938 e. The first kappa shape index (κ1) is 14.0. The van der Waals surface area contributed by atoms with E-state index in [1.165, 1.54) is 21.7 Å². The fraction of sp³-hybridized carbons (Fsp3) is 0.294. The number of nitrogens with zero attached hydrogens (tertiary/aromatic N) is 2. The van der Waals surface area contributed by atoms with Crippen LogP contribution in [0.5, 0.6) is 0 Å². The van der Waals surface area contributed by atoms with Gasteiger partial charge in [-0.1, -0.05) is 18.2 Å². The summed E-state index contributed by atoms with van der Waals surface area (Å²) in [5.74, 6) is 0.276. The quantitative estimate of drug-likeness (QED) is 0.785. The standard InChI is InChI=1S/C17H19N3S/c1-11-5-4-6-14(13(11)3)15(16-8-18-10-19-16)7-17-20-12(2)9-21-17/h4-6,8-10,15H,7H2,1-3H3,(H,18,19). The molecule has 2 aromatic heterocycles. The van der Waals surface area contributed by atoms with Crippen molar-refractivity contribution in [2.24, 2.45) is 0 Å². The van der Waals surface area contributed by atoms with Gasteiger partial charge in [-0.2, -0.15) is 0 Å². The van der Waals surface area contributed by atoms with Crippen molar-refractivity contribution in [3.63, 3.8) is 0 Å². The monoisotopic (exact) mass is 297 g/mol. The number of hydrogen-bond donors (Lipinski definition) is 1. The van der Waals surface area contributed by atoms with Crippen LogP contribution in [-0.4, -0.2) is 15.0 Å². The molecule has 1 atom stereocenters. The van der Waals surface area contributed by atoms with Crippen LogP contribution in [0.3, 0.4) is 0 Å². The predicted molar refractivity (Wildman–Crippen MR) is 86.9 cm³/mol. The van der Waals surface area contributed by atoms with Gasteiger partial charge in [0.05, 0.1) is 11.3 Å². The molecule has 0 radical (unpaired) electrons. The van der Waals surface area contributed by atoms with Gasteiger partial charge in [0.2, 0.25) is 0 Å². The summed E-state index contributed by atoms with van der Waals surface area (Å²) >= 11 is 1.73. The maximum atomic E-state index is 4.62. The van der Waals surface area contributed by atoms with Crippen molar-refractivity contribution in [3.8, 4) is 0 Å². The molecule has 0 saturated heterocycles. The lowest BCUT2D eigenvalue weighted by Gasteiger charge is -2.18. The molecule has 0 bridgehead atoms. The number of aromatic amines is 1. The fourth-order valence-corrected chi connectivity index (χ4v) is 3.49. The Balaban J connectivity index is 2.02. The van der Waals surface area contributed by atoms with Gasteiger partial charge < -0.3 is 4.98 Å². The number of rotatable bonds is 4. The van der Waals surface area contributed by atoms with E-state index in [1.54, 1.807) is 17.7 Å². The number of H-pyrrole nitrogens is 1. The molecule has 0 aliphatic heterocycles. The highest BCUT2D eigenvalue weighted by Crippen LogP contribution is 2.31. The molecule has 1 unspecified atom stereocenters. The first-order chi connectivity index (χ1) is 10.1. The molecule has 0 aliphatic rings. The van der Waals surface area contributed by atoms with Gasteiger partial charge in [0.1, 0.15) is 0 Å². The first-order valence-electron chi connectivity index (χ1n) is 7.10. The van der Waals surface area contributed by atoms with Gasteiger partial charge in [-0.15, -0.1) is 11.3 Å². The summed E-state index contributed by atoms with van der Waals surface area (Å²) in [4.78, 5) is 12.1. The van der Waals surface area contributed by atoms with Crippen molar-refractivity contribution < 1.29 is 0 Å². The van der Waals surface area contributed by atoms with Crippen molar-refractivity contribution in [1.29, 1.82) is 0 Å². The Kier molecular flexibility index (Phi) is 3.88. The van der Waals surface area contributed by atoms with E-state index < -0.39 is 0 Å². The summed E-state index contributed by atoms with van der Waals surface area (Å²) in [5.41, 5.74) is 6.28. The van der Waals surface area contributed by atoms with E-state index in [0.717, 1.165) is 17.8 Å². The molecule has 0 amide bonds. The van der Waals surface area contributed by atoms with Crippen molar-refractivity contribution in [1.82, 2.24) is 15.0 Å². The Hall–Kier alpha value is -1.94. The maximum Gasteiger partial charge on any atom is 0.0938 e. The van der Waals surface area contributed by atoms with Crippen molar-refractivity contribution in [2.45, 2.75) is 33.1 Å². The zero-order chi connectivity index (χ0) is 14.8. The summed E-state index contributed by atoms with van der Waals surface area (Å²) in [5, 5.41) is 3.29. The lowest BCUT2D eigenvalue weighted by molar-refractivity contribution is 0.766. The summed E-state index contributed by atoms with van der Waals surface area (Å²) < 4.78 is 0. The minimum Gasteiger partial charge on any atom is -0.348 e. The van der Waals surface area contributed by atoms with Gasteiger partial charge in [0.25, 0.3) is 0 Å². The zero-order valence-electron chi connectivity index (χ0n) is 12.6. The number of aromatic nitrogens is 3. The molecule has 21 heavy (non-hydrogen) atoms. The number of aryl methyl sites for hydroxylation is 2. The summed E-state index contributed by atoms with van der Waals surface area (Å²) in [6.07, 6.45) is 4.58. The predicted octanol–water partition coefficient (Wildman–Crippen LogP) is 4.17. The van der Waals surface area contributed by atoms with Crippen molar-refractivity contribution in [3.05, 3.63) is 69.2 Å². The van der Waals surface area contributed by atoms with E-state index in [1.807, 2.05) is 13.1 Å². The SMILES string of the molecule is Cc1csc(CC(c2cnc[nH]2)c2cccc(C)c2C)n1. The average Bonchev–Trinajstić information content (AvgIpc) is 3.11. The summed E-state index contributed by atoms with van der Waals surface area (Å²) in [6.45, 7) is 6.40. The summed E-state index contributed by atoms with van der Waals surface area (Å²) in [7, 11) is 0. The van der Waals surface area contributed by atoms with Crippen LogP contribution in [0.25, 0.3) is 0 Å². The number of nitrogens with one attached hydrogen (secondary N) is 1. The van der Waals surface area contributed by atoms with Crippen LogP contribution >= 0.6 is 11.3 Å². The third-order valence-electron chi connectivity index (χ3n) is 3.96. The molecular formula is C17H19N3S. The van der Waals surface area contributed by atoms with Crippen LogP contribution in [0.2, 0.25) is 0 Å². The molecule has 3 aromatic rings. The van der Waals surface area contributed by atoms with Crippen LogP contribution in [0, 0.1) is 20.8 Å². The molecule has 2 heterocycles. The molecule has 0 saturated carbocycles. The average molecular weight is 297 g/mol. The van der Waals surface area contributed by atoms with Gasteiger partial charge >= 0.3 is 0 Å². The highest BCUT2D eigenvalue weighted by Gasteiger charge is 2.20. The second kappa shape index (κ2) is 5.82. The lowest BCUT2D eigenvalue weighted by atomic mass is 9.88. The Labute approximate surface area is 129 Å². The summed E-state index contributed by atoms with van der Waals surface area (Å²) in [6, 6.07) is 6.51. The molecule has 1 N–H and O–H groups in total. The van der Waals surface area contributed by atoms with Crippen LogP contribution in [0.1, 0.15) is 39.0 Å². The van der Waals surface area contributed by atoms with Crippen molar-refractivity contribution >= 4 is 11.3 Å². The van der Waals surface area contributed by atoms with E-state index in [4.69, 9.17) is 0 Å². The molecule has 4 heteroatoms. The number of imidazole rings is 1. The Morgan fingerprint density at radius 3 is 2.76 bits per heavy atom. The zero-order valence-corrected chi connectivity index (χ0v) is 13.4. The van der Waals surface area contributed by atoms with Crippen LogP contribution in [-0.2, 0) is 6.42 Å². The van der Waals surface area contributed by atoms with E-state index in [2.05, 4.69) is 52.4 Å². The molecule has 3 nitrogen and oxygen atoms in total. The van der Waals surface area contributed by atoms with Crippen LogP contribution in [0.4, 0.5) is 0 Å². The molecule has 0 aliphatic carbocycles. The van der Waals surface area contributed by atoms with Crippen molar-refractivity contribution in [2.75, 3.05) is 0 Å². The molecule has 0 fully saturated rings. The Bertz CT molecular complexity index is 728. The highest BCUT2D eigenvalue weighted by molar-refractivity contribution is 7.09. The minimum absolute atomic E-state index is 0.276. The third-order valence-corrected chi connectivity index (χ3v) is 4.95. The van der Waals surface area contributed by atoms with Crippen LogP contribution in [0.15, 0.2) is 36.1 Å². The van der Waals surface area contributed by atoms with Crippen LogP contribution < -0.4 is 0 Å². The third kappa shape index (κ3) is 2.90. The largest absolute Gasteiger partial charge is 0.348 e. The van der Waals surface area contributed by atoms with E-state index >= 15 is 0 Å². The van der Waals surface area contributed by atoms with Gasteiger partial charge in [-0.25, -0.2) is 9.97 Å². The second-order valence-electron chi connectivity index (χ2n) is 5.44. The van der Waals surface area contributed by atoms with Gasteiger partial charge in [0, 0.05) is 35.3 Å². The topological polar surface area (TPSA) is 41.6 Å². The molecular weight excluding hydrogens is 278 g/mol. The fourth-order valence-electron chi connectivity index (χ4n) is 2.67. The number of thiazole rings is 1. The van der Waals surface area contributed by atoms with Gasteiger partial charge in [-0.05, 0) is 37.5 Å². The molecule has 108 valence electrons. The molecule has 0 spiro atoms. The van der Waals surface area contributed by atoms with Gasteiger partial charge in [0.15, 0.2) is 0 Å².